The van der Waals surface area contributed by atoms with Crippen molar-refractivity contribution < 1.29 is 0 Å². The van der Waals surface area contributed by atoms with Crippen molar-refractivity contribution in [1.82, 2.24) is 0 Å². The van der Waals surface area contributed by atoms with Gasteiger partial charge in [-0.3, -0.25) is 0 Å². The van der Waals surface area contributed by atoms with Gasteiger partial charge in [0.1, 0.15) is 5.84 Å². The zero-order valence-corrected chi connectivity index (χ0v) is 9.60. The molecule has 0 aliphatic carbocycles. The summed E-state index contributed by atoms with van der Waals surface area (Å²) in [6.07, 6.45) is 1.05. The van der Waals surface area contributed by atoms with Crippen molar-refractivity contribution in [2.75, 3.05) is 0 Å². The number of rotatable bonds is 2. The Balaban J connectivity index is 4.67. The molecular formula is C11H20N2. The molecule has 0 bridgehead atoms. The number of hydrogen-bond donors (Lipinski definition) is 0. The highest BCUT2D eigenvalue weighted by Gasteiger charge is 1.93. The molecule has 0 spiro atoms. The van der Waals surface area contributed by atoms with Crippen LogP contribution in [0.3, 0.4) is 0 Å². The Labute approximate surface area is 81.5 Å². The zero-order chi connectivity index (χ0) is 10.4. The molecule has 2 nitrogen and oxygen atoms in total. The standard InChI is InChI=1S/C11H20N2/c1-7-9(4)10(5)13-11(6)12-8(2)3/h7H2,1-6H3. The van der Waals surface area contributed by atoms with Gasteiger partial charge in [-0.15, -0.1) is 0 Å². The molecule has 0 atom stereocenters. The van der Waals surface area contributed by atoms with Crippen LogP contribution in [0, 0.1) is 0 Å². The van der Waals surface area contributed by atoms with Crippen LogP contribution in [0.25, 0.3) is 0 Å². The van der Waals surface area contributed by atoms with Crippen LogP contribution in [0.4, 0.5) is 0 Å². The molecule has 13 heavy (non-hydrogen) atoms. The highest BCUT2D eigenvalue weighted by Crippen LogP contribution is 2.08. The average Bonchev–Trinajstić information content (AvgIpc) is 2.01. The van der Waals surface area contributed by atoms with Gasteiger partial charge in [0, 0.05) is 11.4 Å². The zero-order valence-electron chi connectivity index (χ0n) is 9.60. The number of nitrogens with zero attached hydrogens (tertiary/aromatic N) is 2. The lowest BCUT2D eigenvalue weighted by atomic mass is 10.2. The Morgan fingerprint density at radius 1 is 0.923 bits per heavy atom. The maximum Gasteiger partial charge on any atom is 0.125 e. The first kappa shape index (κ1) is 12.1. The molecule has 0 fully saturated rings. The van der Waals surface area contributed by atoms with Gasteiger partial charge in [0.05, 0.1) is 0 Å². The second-order valence-electron chi connectivity index (χ2n) is 3.44. The van der Waals surface area contributed by atoms with E-state index in [4.69, 9.17) is 0 Å². The van der Waals surface area contributed by atoms with E-state index in [2.05, 4.69) is 23.8 Å². The lowest BCUT2D eigenvalue weighted by Crippen LogP contribution is -1.92. The molecular weight excluding hydrogens is 160 g/mol. The SMILES string of the molecule is CCC(C)=C(C)N=C(C)N=C(C)C. The van der Waals surface area contributed by atoms with E-state index in [1.807, 2.05) is 27.7 Å². The van der Waals surface area contributed by atoms with Crippen LogP contribution in [0.5, 0.6) is 0 Å². The number of aliphatic imine (C=N–C) groups is 2. The third kappa shape index (κ3) is 5.34. The summed E-state index contributed by atoms with van der Waals surface area (Å²) in [4.78, 5) is 8.66. The van der Waals surface area contributed by atoms with Crippen molar-refractivity contribution in [3.63, 3.8) is 0 Å². The molecule has 0 aromatic carbocycles. The predicted octanol–water partition coefficient (Wildman–Crippen LogP) is 3.59. The fraction of sp³-hybridized carbons (Fsp3) is 0.636. The largest absolute Gasteiger partial charge is 0.243 e. The number of hydrogen-bond acceptors (Lipinski definition) is 1. The lowest BCUT2D eigenvalue weighted by molar-refractivity contribution is 1.04. The van der Waals surface area contributed by atoms with E-state index in [1.165, 1.54) is 5.57 Å². The predicted molar refractivity (Wildman–Crippen MR) is 60.6 cm³/mol. The van der Waals surface area contributed by atoms with Crippen LogP contribution in [0.1, 0.15) is 48.0 Å². The Morgan fingerprint density at radius 3 is 1.85 bits per heavy atom. The summed E-state index contributed by atoms with van der Waals surface area (Å²) in [7, 11) is 0. The monoisotopic (exact) mass is 180 g/mol. The smallest absolute Gasteiger partial charge is 0.125 e. The van der Waals surface area contributed by atoms with E-state index < -0.39 is 0 Å². The van der Waals surface area contributed by atoms with Crippen LogP contribution in [0.15, 0.2) is 21.3 Å². The Hall–Kier alpha value is -0.920. The van der Waals surface area contributed by atoms with Gasteiger partial charge in [0.25, 0.3) is 0 Å². The van der Waals surface area contributed by atoms with E-state index in [1.54, 1.807) is 0 Å². The van der Waals surface area contributed by atoms with E-state index in [0.717, 1.165) is 23.7 Å². The Kier molecular flexibility index (Phi) is 5.28. The van der Waals surface area contributed by atoms with Crippen LogP contribution in [0.2, 0.25) is 0 Å². The second kappa shape index (κ2) is 5.68. The molecule has 0 N–H and O–H groups in total. The molecule has 0 aliphatic heterocycles. The van der Waals surface area contributed by atoms with Gasteiger partial charge in [-0.2, -0.15) is 0 Å². The molecule has 0 unspecified atom stereocenters. The summed E-state index contributed by atoms with van der Waals surface area (Å²) in [5.74, 6) is 0.838. The lowest BCUT2D eigenvalue weighted by Gasteiger charge is -2.00. The van der Waals surface area contributed by atoms with Crippen LogP contribution in [-0.4, -0.2) is 11.5 Å². The minimum atomic E-state index is 0.838. The average molecular weight is 180 g/mol. The fourth-order valence-corrected chi connectivity index (χ4v) is 0.943. The Morgan fingerprint density at radius 2 is 1.46 bits per heavy atom. The quantitative estimate of drug-likeness (QED) is 0.458. The first-order valence-corrected chi connectivity index (χ1v) is 4.71. The summed E-state index contributed by atoms with van der Waals surface area (Å²) < 4.78 is 0. The van der Waals surface area contributed by atoms with Gasteiger partial charge in [-0.1, -0.05) is 12.5 Å². The minimum absolute atomic E-state index is 0.838. The van der Waals surface area contributed by atoms with Crippen molar-refractivity contribution >= 4 is 11.5 Å². The van der Waals surface area contributed by atoms with Gasteiger partial charge in [0.2, 0.25) is 0 Å². The first-order valence-electron chi connectivity index (χ1n) is 4.71. The summed E-state index contributed by atoms with van der Waals surface area (Å²) >= 11 is 0. The third-order valence-electron chi connectivity index (χ3n) is 1.86. The molecule has 0 radical (unpaired) electrons. The van der Waals surface area contributed by atoms with E-state index in [9.17, 15) is 0 Å². The van der Waals surface area contributed by atoms with Gasteiger partial charge < -0.3 is 0 Å². The highest BCUT2D eigenvalue weighted by molar-refractivity contribution is 5.95. The molecule has 0 amide bonds. The van der Waals surface area contributed by atoms with Gasteiger partial charge in [-0.25, -0.2) is 9.98 Å². The van der Waals surface area contributed by atoms with Crippen molar-refractivity contribution in [3.8, 4) is 0 Å². The molecule has 0 saturated heterocycles. The Bertz CT molecular complexity index is 253. The molecule has 0 saturated carbocycles. The molecule has 74 valence electrons. The maximum atomic E-state index is 4.40. The summed E-state index contributed by atoms with van der Waals surface area (Å²) in [5.41, 5.74) is 3.46. The van der Waals surface area contributed by atoms with E-state index in [-0.39, 0.29) is 0 Å². The first-order chi connectivity index (χ1) is 5.97. The van der Waals surface area contributed by atoms with Gasteiger partial charge >= 0.3 is 0 Å². The van der Waals surface area contributed by atoms with Crippen LogP contribution < -0.4 is 0 Å². The fourth-order valence-electron chi connectivity index (χ4n) is 0.943. The van der Waals surface area contributed by atoms with E-state index in [0.29, 0.717) is 0 Å². The van der Waals surface area contributed by atoms with Gasteiger partial charge in [0.15, 0.2) is 0 Å². The minimum Gasteiger partial charge on any atom is -0.243 e. The third-order valence-corrected chi connectivity index (χ3v) is 1.86. The molecule has 0 aromatic heterocycles. The summed E-state index contributed by atoms with van der Waals surface area (Å²) in [6.45, 7) is 12.2. The molecule has 0 rings (SSSR count). The van der Waals surface area contributed by atoms with Crippen LogP contribution in [-0.2, 0) is 0 Å². The summed E-state index contributed by atoms with van der Waals surface area (Å²) in [6, 6.07) is 0. The second-order valence-corrected chi connectivity index (χ2v) is 3.44. The van der Waals surface area contributed by atoms with Crippen LogP contribution >= 0.6 is 0 Å². The van der Waals surface area contributed by atoms with Crippen molar-refractivity contribution in [1.29, 1.82) is 0 Å². The number of allylic oxidation sites excluding steroid dienone is 2. The highest BCUT2D eigenvalue weighted by atomic mass is 14.9. The van der Waals surface area contributed by atoms with Crippen molar-refractivity contribution in [3.05, 3.63) is 11.3 Å². The molecule has 0 aromatic rings. The summed E-state index contributed by atoms with van der Waals surface area (Å²) in [5, 5.41) is 0. The van der Waals surface area contributed by atoms with E-state index >= 15 is 0 Å². The number of amidine groups is 1. The van der Waals surface area contributed by atoms with Crippen molar-refractivity contribution in [2.45, 2.75) is 48.0 Å². The molecule has 2 heteroatoms. The molecule has 0 aliphatic rings. The normalized spacial score (nSPS) is 13.8. The van der Waals surface area contributed by atoms with Gasteiger partial charge in [-0.05, 0) is 41.0 Å². The maximum absolute atomic E-state index is 4.40. The molecule has 0 heterocycles. The van der Waals surface area contributed by atoms with Crippen molar-refractivity contribution in [2.24, 2.45) is 9.98 Å². The topological polar surface area (TPSA) is 24.7 Å².